The topological polar surface area (TPSA) is 25.8 Å². The van der Waals surface area contributed by atoms with Crippen molar-refractivity contribution in [3.63, 3.8) is 0 Å². The van der Waals surface area contributed by atoms with Gasteiger partial charge in [-0.1, -0.05) is 36.4 Å². The summed E-state index contributed by atoms with van der Waals surface area (Å²) in [7, 11) is 0. The molecule has 0 aliphatic carbocycles. The van der Waals surface area contributed by atoms with E-state index < -0.39 is 0 Å². The number of fused-ring (bicyclic) bond motifs is 4. The van der Waals surface area contributed by atoms with Gasteiger partial charge in [0.1, 0.15) is 10.0 Å². The number of hydrogen-bond donors (Lipinski definition) is 0. The summed E-state index contributed by atoms with van der Waals surface area (Å²) in [5.74, 6) is 0. The quantitative estimate of drug-likeness (QED) is 0.260. The van der Waals surface area contributed by atoms with Crippen molar-refractivity contribution in [2.24, 2.45) is 0 Å². The molecule has 6 heteroatoms. The lowest BCUT2D eigenvalue weighted by molar-refractivity contribution is 1.49. The van der Waals surface area contributed by atoms with Gasteiger partial charge < -0.3 is 0 Å². The molecule has 30 heavy (non-hydrogen) atoms. The molecule has 0 aliphatic heterocycles. The average Bonchev–Trinajstić information content (AvgIpc) is 3.53. The fourth-order valence-corrected chi connectivity index (χ4v) is 7.91. The Labute approximate surface area is 187 Å². The van der Waals surface area contributed by atoms with E-state index in [1.165, 1.54) is 39.3 Å². The highest BCUT2D eigenvalue weighted by Crippen LogP contribution is 2.41. The normalized spacial score (nSPS) is 12.0. The minimum atomic E-state index is 1.06. The van der Waals surface area contributed by atoms with Gasteiger partial charge in [0.05, 0.1) is 30.2 Å². The highest BCUT2D eigenvalue weighted by atomic mass is 32.1. The third-order valence-corrected chi connectivity index (χ3v) is 9.78. The zero-order valence-corrected chi connectivity index (χ0v) is 18.7. The van der Waals surface area contributed by atoms with Crippen LogP contribution in [0.4, 0.5) is 0 Å². The van der Waals surface area contributed by atoms with Crippen LogP contribution in [0.15, 0.2) is 72.8 Å². The monoisotopic (exact) mass is 456 g/mol. The van der Waals surface area contributed by atoms with Crippen LogP contribution in [0, 0.1) is 0 Å². The van der Waals surface area contributed by atoms with Crippen molar-refractivity contribution in [3.05, 3.63) is 72.8 Å². The van der Waals surface area contributed by atoms with E-state index in [2.05, 4.69) is 72.8 Å². The van der Waals surface area contributed by atoms with Gasteiger partial charge in [-0.3, -0.25) is 0 Å². The second-order valence-electron chi connectivity index (χ2n) is 7.12. The zero-order chi connectivity index (χ0) is 19.7. The molecular formula is C24H12N2S4. The van der Waals surface area contributed by atoms with E-state index in [0.717, 1.165) is 21.0 Å². The van der Waals surface area contributed by atoms with Crippen molar-refractivity contribution < 1.29 is 0 Å². The Morgan fingerprint density at radius 3 is 1.40 bits per heavy atom. The van der Waals surface area contributed by atoms with Crippen molar-refractivity contribution in [3.8, 4) is 19.8 Å². The van der Waals surface area contributed by atoms with Gasteiger partial charge in [0.2, 0.25) is 0 Å². The third kappa shape index (κ3) is 2.65. The molecule has 2 nitrogen and oxygen atoms in total. The van der Waals surface area contributed by atoms with Gasteiger partial charge in [0, 0.05) is 9.40 Å². The molecule has 0 saturated carbocycles. The summed E-state index contributed by atoms with van der Waals surface area (Å²) in [6, 6.07) is 25.9. The van der Waals surface area contributed by atoms with E-state index in [1.54, 1.807) is 22.7 Å². The lowest BCUT2D eigenvalue weighted by Crippen LogP contribution is -1.71. The highest BCUT2D eigenvalue weighted by molar-refractivity contribution is 7.29. The van der Waals surface area contributed by atoms with Crippen LogP contribution < -0.4 is 0 Å². The smallest absolute Gasteiger partial charge is 0.134 e. The molecule has 0 atom stereocenters. The summed E-state index contributed by atoms with van der Waals surface area (Å²) < 4.78 is 5.01. The molecule has 0 bridgehead atoms. The van der Waals surface area contributed by atoms with Crippen LogP contribution in [-0.2, 0) is 0 Å². The molecule has 4 heterocycles. The largest absolute Gasteiger partial charge is 0.235 e. The molecule has 0 aliphatic rings. The number of thiophene rings is 2. The van der Waals surface area contributed by atoms with E-state index in [-0.39, 0.29) is 0 Å². The molecule has 142 valence electrons. The van der Waals surface area contributed by atoms with Gasteiger partial charge in [-0.2, -0.15) is 0 Å². The standard InChI is InChI=1S/C24H12N2S4/c1-3-7-17-13(5-1)9-21(27-17)23-25-15-11-20-16(12-19(15)29-23)26-24(30-20)22-10-14-6-2-4-8-18(14)28-22/h1-12H. The predicted molar refractivity (Wildman–Crippen MR) is 134 cm³/mol. The summed E-state index contributed by atoms with van der Waals surface area (Å²) in [5.41, 5.74) is 2.12. The molecule has 0 radical (unpaired) electrons. The molecule has 0 amide bonds. The van der Waals surface area contributed by atoms with Gasteiger partial charge in [-0.05, 0) is 47.2 Å². The fraction of sp³-hybridized carbons (Fsp3) is 0. The average molecular weight is 457 g/mol. The summed E-state index contributed by atoms with van der Waals surface area (Å²) >= 11 is 7.13. The highest BCUT2D eigenvalue weighted by Gasteiger charge is 2.14. The Morgan fingerprint density at radius 2 is 0.933 bits per heavy atom. The summed E-state index contributed by atoms with van der Waals surface area (Å²) in [4.78, 5) is 12.4. The SMILES string of the molecule is c1ccc2sc(-c3nc4cc5sc(-c6cc7ccccc7s6)nc5cc4s3)cc2c1. The van der Waals surface area contributed by atoms with E-state index >= 15 is 0 Å². The maximum atomic E-state index is 4.96. The first-order valence-electron chi connectivity index (χ1n) is 9.49. The van der Waals surface area contributed by atoms with Gasteiger partial charge in [0.25, 0.3) is 0 Å². The lowest BCUT2D eigenvalue weighted by atomic mass is 10.2. The number of nitrogens with zero attached hydrogens (tertiary/aromatic N) is 2. The Kier molecular flexibility index (Phi) is 3.66. The van der Waals surface area contributed by atoms with Crippen molar-refractivity contribution in [1.82, 2.24) is 9.97 Å². The molecule has 3 aromatic carbocycles. The van der Waals surface area contributed by atoms with Gasteiger partial charge in [-0.15, -0.1) is 45.3 Å². The van der Waals surface area contributed by atoms with Crippen molar-refractivity contribution >= 4 is 86.0 Å². The predicted octanol–water partition coefficient (Wildman–Crippen LogP) is 8.67. The molecule has 7 rings (SSSR count). The van der Waals surface area contributed by atoms with E-state index in [4.69, 9.17) is 9.97 Å². The molecular weight excluding hydrogens is 445 g/mol. The summed E-state index contributed by atoms with van der Waals surface area (Å²) in [5, 5.41) is 4.75. The minimum absolute atomic E-state index is 1.06. The van der Waals surface area contributed by atoms with Gasteiger partial charge in [-0.25, -0.2) is 9.97 Å². The van der Waals surface area contributed by atoms with Crippen LogP contribution in [0.3, 0.4) is 0 Å². The van der Waals surface area contributed by atoms with Crippen molar-refractivity contribution in [2.45, 2.75) is 0 Å². The first-order valence-corrected chi connectivity index (χ1v) is 12.8. The first-order chi connectivity index (χ1) is 14.8. The molecule has 0 unspecified atom stereocenters. The van der Waals surface area contributed by atoms with Crippen LogP contribution in [0.5, 0.6) is 0 Å². The van der Waals surface area contributed by atoms with E-state index in [9.17, 15) is 0 Å². The molecule has 0 fully saturated rings. The third-order valence-electron chi connectivity index (χ3n) is 5.17. The number of rotatable bonds is 2. The van der Waals surface area contributed by atoms with Gasteiger partial charge in [0.15, 0.2) is 0 Å². The van der Waals surface area contributed by atoms with Crippen molar-refractivity contribution in [2.75, 3.05) is 0 Å². The maximum Gasteiger partial charge on any atom is 0.134 e. The molecule has 0 saturated heterocycles. The number of aromatic nitrogens is 2. The Morgan fingerprint density at radius 1 is 0.467 bits per heavy atom. The second-order valence-corrected chi connectivity index (χ2v) is 11.4. The Hall–Kier alpha value is -2.64. The fourth-order valence-electron chi connectivity index (χ4n) is 3.73. The van der Waals surface area contributed by atoms with Crippen LogP contribution in [-0.4, -0.2) is 9.97 Å². The molecule has 0 N–H and O–H groups in total. The van der Waals surface area contributed by atoms with Crippen LogP contribution in [0.2, 0.25) is 0 Å². The Bertz CT molecular complexity index is 1470. The van der Waals surface area contributed by atoms with Crippen LogP contribution in [0.25, 0.3) is 60.4 Å². The van der Waals surface area contributed by atoms with Gasteiger partial charge >= 0.3 is 0 Å². The molecule has 0 spiro atoms. The van der Waals surface area contributed by atoms with Crippen LogP contribution >= 0.6 is 45.3 Å². The van der Waals surface area contributed by atoms with Crippen LogP contribution in [0.1, 0.15) is 0 Å². The van der Waals surface area contributed by atoms with Crippen molar-refractivity contribution in [1.29, 1.82) is 0 Å². The Balaban J connectivity index is 1.34. The number of hydrogen-bond acceptors (Lipinski definition) is 6. The molecule has 4 aromatic heterocycles. The zero-order valence-electron chi connectivity index (χ0n) is 15.5. The molecule has 7 aromatic rings. The summed E-state index contributed by atoms with van der Waals surface area (Å²) in [6.45, 7) is 0. The minimum Gasteiger partial charge on any atom is -0.235 e. The number of thiazole rings is 2. The number of benzene rings is 3. The summed E-state index contributed by atoms with van der Waals surface area (Å²) in [6.07, 6.45) is 0. The lowest BCUT2D eigenvalue weighted by Gasteiger charge is -1.86. The first kappa shape index (κ1) is 17.1. The van der Waals surface area contributed by atoms with E-state index in [0.29, 0.717) is 0 Å². The maximum absolute atomic E-state index is 4.96. The van der Waals surface area contributed by atoms with E-state index in [1.807, 2.05) is 22.7 Å². The second kappa shape index (κ2) is 6.43.